The number of benzene rings is 6. The zero-order chi connectivity index (χ0) is 36.3. The van der Waals surface area contributed by atoms with E-state index < -0.39 is 0 Å². The van der Waals surface area contributed by atoms with E-state index in [9.17, 15) is 0 Å². The van der Waals surface area contributed by atoms with Gasteiger partial charge in [-0.05, 0) is 172 Å². The Morgan fingerprint density at radius 3 is 1.47 bits per heavy atom. The average molecular weight is 712 g/mol. The van der Waals surface area contributed by atoms with Crippen LogP contribution in [0.3, 0.4) is 0 Å². The quantitative estimate of drug-likeness (QED) is 0.177. The van der Waals surface area contributed by atoms with Gasteiger partial charge in [0.05, 0.1) is 0 Å². The maximum Gasteiger partial charge on any atom is 0.0465 e. The first-order chi connectivity index (χ1) is 26.9. The molecule has 2 spiro atoms. The predicted octanol–water partition coefficient (Wildman–Crippen LogP) is 14.0. The largest absolute Gasteiger partial charge is 0.310 e. The Morgan fingerprint density at radius 2 is 0.855 bits per heavy atom. The summed E-state index contributed by atoms with van der Waals surface area (Å²) >= 11 is 0. The fourth-order valence-electron chi connectivity index (χ4n) is 14.7. The number of fused-ring (bicyclic) bond motifs is 11. The van der Waals surface area contributed by atoms with Crippen LogP contribution in [0.2, 0.25) is 0 Å². The molecule has 8 aliphatic rings. The van der Waals surface area contributed by atoms with Gasteiger partial charge in [0.15, 0.2) is 0 Å². The molecule has 1 heteroatoms. The summed E-state index contributed by atoms with van der Waals surface area (Å²) in [5.74, 6) is 3.35. The lowest BCUT2D eigenvalue weighted by Gasteiger charge is -2.61. The van der Waals surface area contributed by atoms with Crippen molar-refractivity contribution in [3.63, 3.8) is 0 Å². The van der Waals surface area contributed by atoms with Gasteiger partial charge in [-0.15, -0.1) is 0 Å². The number of hydrogen-bond donors (Lipinski definition) is 0. The molecule has 270 valence electrons. The maximum atomic E-state index is 2.69. The van der Waals surface area contributed by atoms with Crippen LogP contribution in [0.15, 0.2) is 127 Å². The third-order valence-electron chi connectivity index (χ3n) is 16.6. The molecule has 0 atom stereocenters. The first kappa shape index (κ1) is 31.3. The summed E-state index contributed by atoms with van der Waals surface area (Å²) < 4.78 is 0. The lowest BCUT2D eigenvalue weighted by Crippen LogP contribution is -2.55. The zero-order valence-electron chi connectivity index (χ0n) is 32.2. The molecular formula is C54H49N. The highest BCUT2D eigenvalue weighted by Crippen LogP contribution is 2.70. The van der Waals surface area contributed by atoms with Gasteiger partial charge in [-0.1, -0.05) is 118 Å². The average Bonchev–Trinajstić information content (AvgIpc) is 3.94. The minimum Gasteiger partial charge on any atom is -0.310 e. The van der Waals surface area contributed by atoms with Crippen LogP contribution in [0.25, 0.3) is 33.4 Å². The summed E-state index contributed by atoms with van der Waals surface area (Å²) in [5, 5.41) is 0. The molecule has 0 amide bonds. The Morgan fingerprint density at radius 1 is 0.418 bits per heavy atom. The van der Waals surface area contributed by atoms with Gasteiger partial charge in [-0.25, -0.2) is 0 Å². The second-order valence-corrected chi connectivity index (χ2v) is 19.2. The minimum atomic E-state index is -0.0644. The fraction of sp³-hybridized carbons (Fsp3) is 0.333. The molecule has 0 saturated heterocycles. The normalized spacial score (nSPS) is 27.2. The SMILES string of the molecule is CC1(C)c2ccccc2-c2ccc(N(c3ccc4c(c3)C3(CCCC3)c3ccccc3-4)c3ccc4c(c3)C3(c5ccccc5-4)C4CC5CC(C4)CC3C5)cc21. The van der Waals surface area contributed by atoms with E-state index in [1.807, 2.05) is 0 Å². The fourth-order valence-corrected chi connectivity index (χ4v) is 14.7. The van der Waals surface area contributed by atoms with E-state index in [0.29, 0.717) is 0 Å². The third kappa shape index (κ3) is 3.86. The summed E-state index contributed by atoms with van der Waals surface area (Å²) in [6, 6.07) is 50.6. The Labute approximate surface area is 326 Å². The van der Waals surface area contributed by atoms with E-state index >= 15 is 0 Å². The first-order valence-corrected chi connectivity index (χ1v) is 21.5. The lowest BCUT2D eigenvalue weighted by atomic mass is 9.43. The highest BCUT2D eigenvalue weighted by atomic mass is 15.1. The zero-order valence-corrected chi connectivity index (χ0v) is 32.2. The standard InChI is InChI=1S/C54H49N/c1-52(2)46-14-6-3-11-40(46)43-20-17-37(30-49(43)52)55(38-18-21-44-41-12-4-7-15-47(41)53(50(44)31-38)23-9-10-24-53)39-19-22-45-42-13-5-8-16-48(42)54(51(45)32-39)35-26-33-25-34(28-35)29-36(54)27-33/h3-8,11-22,30-36H,9-10,23-29H2,1-2H3. The van der Waals surface area contributed by atoms with Gasteiger partial charge in [-0.2, -0.15) is 0 Å². The van der Waals surface area contributed by atoms with E-state index in [-0.39, 0.29) is 16.2 Å². The molecule has 14 rings (SSSR count). The maximum absolute atomic E-state index is 2.69. The van der Waals surface area contributed by atoms with Crippen molar-refractivity contribution in [2.75, 3.05) is 4.90 Å². The number of nitrogens with zero attached hydrogens (tertiary/aromatic N) is 1. The van der Waals surface area contributed by atoms with Crippen LogP contribution in [0.5, 0.6) is 0 Å². The number of hydrogen-bond acceptors (Lipinski definition) is 1. The van der Waals surface area contributed by atoms with Gasteiger partial charge in [0.2, 0.25) is 0 Å². The molecule has 5 fully saturated rings. The predicted molar refractivity (Wildman–Crippen MR) is 227 cm³/mol. The van der Waals surface area contributed by atoms with Crippen molar-refractivity contribution in [3.05, 3.63) is 161 Å². The van der Waals surface area contributed by atoms with Crippen LogP contribution in [-0.2, 0) is 16.2 Å². The monoisotopic (exact) mass is 711 g/mol. The summed E-state index contributed by atoms with van der Waals surface area (Å²) in [4.78, 5) is 2.65. The van der Waals surface area contributed by atoms with Gasteiger partial charge in [0, 0.05) is 33.3 Å². The molecule has 0 aliphatic heterocycles. The topological polar surface area (TPSA) is 3.24 Å². The van der Waals surface area contributed by atoms with Gasteiger partial charge in [0.25, 0.3) is 0 Å². The molecule has 1 nitrogen and oxygen atoms in total. The second-order valence-electron chi connectivity index (χ2n) is 19.2. The summed E-state index contributed by atoms with van der Waals surface area (Å²) in [6.07, 6.45) is 12.2. The first-order valence-electron chi connectivity index (χ1n) is 21.5. The van der Waals surface area contributed by atoms with E-state index in [4.69, 9.17) is 0 Å². The van der Waals surface area contributed by atoms with Crippen LogP contribution in [-0.4, -0.2) is 0 Å². The highest BCUT2D eigenvalue weighted by molar-refractivity contribution is 5.90. The van der Waals surface area contributed by atoms with Gasteiger partial charge in [-0.3, -0.25) is 0 Å². The van der Waals surface area contributed by atoms with Crippen LogP contribution in [0.1, 0.15) is 105 Å². The van der Waals surface area contributed by atoms with Gasteiger partial charge in [0.1, 0.15) is 0 Å². The molecule has 0 N–H and O–H groups in total. The molecule has 0 heterocycles. The Bertz CT molecular complexity index is 2590. The van der Waals surface area contributed by atoms with Crippen molar-refractivity contribution < 1.29 is 0 Å². The molecule has 5 saturated carbocycles. The molecule has 6 aromatic carbocycles. The van der Waals surface area contributed by atoms with E-state index in [1.54, 1.807) is 22.3 Å². The molecule has 0 aromatic heterocycles. The summed E-state index contributed by atoms with van der Waals surface area (Å²) in [7, 11) is 0. The molecule has 0 unspecified atom stereocenters. The van der Waals surface area contributed by atoms with Crippen molar-refractivity contribution in [2.45, 2.75) is 87.9 Å². The molecule has 8 aliphatic carbocycles. The van der Waals surface area contributed by atoms with E-state index in [0.717, 1.165) is 23.7 Å². The molecule has 55 heavy (non-hydrogen) atoms. The molecule has 6 aromatic rings. The van der Waals surface area contributed by atoms with Crippen molar-refractivity contribution in [1.82, 2.24) is 0 Å². The third-order valence-corrected chi connectivity index (χ3v) is 16.6. The van der Waals surface area contributed by atoms with Crippen molar-refractivity contribution in [3.8, 4) is 33.4 Å². The van der Waals surface area contributed by atoms with Crippen molar-refractivity contribution in [1.29, 1.82) is 0 Å². The van der Waals surface area contributed by atoms with Crippen LogP contribution >= 0.6 is 0 Å². The van der Waals surface area contributed by atoms with Gasteiger partial charge >= 0.3 is 0 Å². The Kier molecular flexibility index (Phi) is 6.09. The smallest absolute Gasteiger partial charge is 0.0465 e. The lowest BCUT2D eigenvalue weighted by molar-refractivity contribution is -0.0399. The minimum absolute atomic E-state index is 0.0644. The van der Waals surface area contributed by atoms with Crippen molar-refractivity contribution in [2.24, 2.45) is 23.7 Å². The second kappa shape index (κ2) is 10.7. The molecule has 4 bridgehead atoms. The number of anilines is 3. The summed E-state index contributed by atoms with van der Waals surface area (Å²) in [5.41, 5.74) is 22.0. The Balaban J connectivity index is 1.04. The molecular weight excluding hydrogens is 663 g/mol. The van der Waals surface area contributed by atoms with Crippen LogP contribution in [0.4, 0.5) is 17.1 Å². The number of rotatable bonds is 3. The van der Waals surface area contributed by atoms with Gasteiger partial charge < -0.3 is 4.90 Å². The molecule has 0 radical (unpaired) electrons. The van der Waals surface area contributed by atoms with Crippen LogP contribution in [0, 0.1) is 23.7 Å². The van der Waals surface area contributed by atoms with Crippen LogP contribution < -0.4 is 4.90 Å². The van der Waals surface area contributed by atoms with E-state index in [1.165, 1.54) is 119 Å². The van der Waals surface area contributed by atoms with E-state index in [2.05, 4.69) is 146 Å². The highest BCUT2D eigenvalue weighted by Gasteiger charge is 2.61. The summed E-state index contributed by atoms with van der Waals surface area (Å²) in [6.45, 7) is 4.84. The van der Waals surface area contributed by atoms with Crippen molar-refractivity contribution >= 4 is 17.1 Å². The Hall–Kier alpha value is -4.88.